The van der Waals surface area contributed by atoms with Gasteiger partial charge in [-0.2, -0.15) is 0 Å². The average molecular weight is 389 g/mol. The van der Waals surface area contributed by atoms with Gasteiger partial charge in [0.05, 0.1) is 5.92 Å². The molecule has 0 spiro atoms. The lowest BCUT2D eigenvalue weighted by Crippen LogP contribution is -2.37. The predicted molar refractivity (Wildman–Crippen MR) is 107 cm³/mol. The van der Waals surface area contributed by atoms with Crippen LogP contribution >= 0.6 is 11.8 Å². The molecule has 146 valence electrons. The lowest BCUT2D eigenvalue weighted by Gasteiger charge is -2.24. The van der Waals surface area contributed by atoms with Crippen molar-refractivity contribution in [1.82, 2.24) is 20.1 Å². The van der Waals surface area contributed by atoms with E-state index in [0.29, 0.717) is 19.1 Å². The number of benzene rings is 1. The molecule has 1 atom stereocenters. The van der Waals surface area contributed by atoms with Gasteiger partial charge in [-0.25, -0.2) is 0 Å². The number of carbonyl (C=O) groups is 1. The number of amides is 1. The fourth-order valence-electron chi connectivity index (χ4n) is 3.30. The van der Waals surface area contributed by atoms with Crippen LogP contribution in [-0.4, -0.2) is 40.1 Å². The fourth-order valence-corrected chi connectivity index (χ4v) is 3.83. The van der Waals surface area contributed by atoms with E-state index in [0.717, 1.165) is 48.1 Å². The van der Waals surface area contributed by atoms with Crippen molar-refractivity contribution >= 4 is 17.7 Å². The number of nitrogens with one attached hydrogen (secondary N) is 1. The van der Waals surface area contributed by atoms with Crippen molar-refractivity contribution in [2.24, 2.45) is 11.8 Å². The zero-order valence-corrected chi connectivity index (χ0v) is 17.1. The van der Waals surface area contributed by atoms with Gasteiger partial charge < -0.3 is 14.6 Å². The lowest BCUT2D eigenvalue weighted by molar-refractivity contribution is -0.126. The first kappa shape index (κ1) is 19.7. The van der Waals surface area contributed by atoms with Gasteiger partial charge in [-0.3, -0.25) is 4.79 Å². The number of rotatable bonds is 8. The third kappa shape index (κ3) is 5.03. The Bertz CT molecular complexity index is 775. The van der Waals surface area contributed by atoms with Gasteiger partial charge in [-0.15, -0.1) is 10.2 Å². The van der Waals surface area contributed by atoms with Crippen molar-refractivity contribution < 1.29 is 9.53 Å². The number of nitrogens with zero attached hydrogens (tertiary/aromatic N) is 3. The van der Waals surface area contributed by atoms with Crippen molar-refractivity contribution in [1.29, 1.82) is 0 Å². The van der Waals surface area contributed by atoms with E-state index < -0.39 is 0 Å². The van der Waals surface area contributed by atoms with E-state index in [9.17, 15) is 4.79 Å². The Balaban J connectivity index is 1.47. The Labute approximate surface area is 165 Å². The summed E-state index contributed by atoms with van der Waals surface area (Å²) in [5.74, 6) is 2.39. The quantitative estimate of drug-likeness (QED) is 0.556. The van der Waals surface area contributed by atoms with Gasteiger partial charge in [0.15, 0.2) is 5.16 Å². The summed E-state index contributed by atoms with van der Waals surface area (Å²) in [5, 5.41) is 12.6. The molecular weight excluding hydrogens is 360 g/mol. The normalized spacial score (nSPS) is 16.1. The number of carbonyl (C=O) groups excluding carboxylic acids is 1. The summed E-state index contributed by atoms with van der Waals surface area (Å²) in [6, 6.07) is 7.93. The smallest absolute Gasteiger partial charge is 0.226 e. The first-order valence-corrected chi connectivity index (χ1v) is 10.8. The van der Waals surface area contributed by atoms with Gasteiger partial charge in [0, 0.05) is 19.5 Å². The predicted octanol–water partition coefficient (Wildman–Crippen LogP) is 2.96. The van der Waals surface area contributed by atoms with Crippen LogP contribution in [0.15, 0.2) is 29.4 Å². The Kier molecular flexibility index (Phi) is 6.77. The molecule has 2 aromatic rings. The minimum atomic E-state index is -0.118. The number of aromatic nitrogens is 3. The first-order chi connectivity index (χ1) is 13.1. The number of fused-ring (bicyclic) bond motifs is 1. The highest BCUT2D eigenvalue weighted by Gasteiger charge is 2.25. The summed E-state index contributed by atoms with van der Waals surface area (Å²) in [4.78, 5) is 12.5. The maximum Gasteiger partial charge on any atom is 0.226 e. The summed E-state index contributed by atoms with van der Waals surface area (Å²) in [6.07, 6.45) is 4.42. The molecule has 0 bridgehead atoms. The van der Waals surface area contributed by atoms with Crippen LogP contribution in [0.25, 0.3) is 0 Å². The largest absolute Gasteiger partial charge is 0.492 e. The molecule has 1 aliphatic rings. The maximum absolute atomic E-state index is 12.5. The van der Waals surface area contributed by atoms with Crippen molar-refractivity contribution in [3.8, 4) is 5.75 Å². The zero-order valence-electron chi connectivity index (χ0n) is 16.3. The van der Waals surface area contributed by atoms with Crippen LogP contribution in [0.3, 0.4) is 0 Å². The Morgan fingerprint density at radius 3 is 2.96 bits per heavy atom. The van der Waals surface area contributed by atoms with Crippen LogP contribution in [-0.2, 0) is 24.2 Å². The first-order valence-electron chi connectivity index (χ1n) is 9.53. The van der Waals surface area contributed by atoms with Gasteiger partial charge in [0.2, 0.25) is 5.91 Å². The summed E-state index contributed by atoms with van der Waals surface area (Å²) in [7, 11) is 0. The second-order valence-corrected chi connectivity index (χ2v) is 8.10. The van der Waals surface area contributed by atoms with Crippen LogP contribution < -0.4 is 10.1 Å². The van der Waals surface area contributed by atoms with Crippen LogP contribution in [0.5, 0.6) is 5.75 Å². The van der Waals surface area contributed by atoms with E-state index in [4.69, 9.17) is 4.74 Å². The minimum absolute atomic E-state index is 0.0675. The van der Waals surface area contributed by atoms with Crippen LogP contribution in [0.4, 0.5) is 0 Å². The molecule has 3 rings (SSSR count). The second kappa shape index (κ2) is 9.26. The molecule has 0 radical (unpaired) electrons. The number of aryl methyl sites for hydroxylation is 1. The number of hydrogen-bond acceptors (Lipinski definition) is 5. The molecule has 7 heteroatoms. The van der Waals surface area contributed by atoms with Crippen LogP contribution in [0, 0.1) is 11.8 Å². The summed E-state index contributed by atoms with van der Waals surface area (Å²) < 4.78 is 7.91. The van der Waals surface area contributed by atoms with Crippen LogP contribution in [0.1, 0.15) is 31.7 Å². The highest BCUT2D eigenvalue weighted by Crippen LogP contribution is 2.26. The standard InChI is InChI=1S/C20H28N4O2S/c1-14(2)12-24-18(22-23-20(24)27-3)9-6-10-21-19(25)16-11-15-7-4-5-8-17(15)26-13-16/h4-5,7-8,14,16H,6,9-13H2,1-3H3,(H,21,25). The maximum atomic E-state index is 12.5. The van der Waals surface area contributed by atoms with Crippen molar-refractivity contribution in [3.63, 3.8) is 0 Å². The van der Waals surface area contributed by atoms with Crippen molar-refractivity contribution in [3.05, 3.63) is 35.7 Å². The monoisotopic (exact) mass is 388 g/mol. The lowest BCUT2D eigenvalue weighted by atomic mass is 9.96. The summed E-state index contributed by atoms with van der Waals surface area (Å²) >= 11 is 1.62. The summed E-state index contributed by atoms with van der Waals surface area (Å²) in [5.41, 5.74) is 1.11. The molecule has 1 aromatic carbocycles. The third-order valence-electron chi connectivity index (χ3n) is 4.65. The SMILES string of the molecule is CSc1nnc(CCCNC(=O)C2COc3ccccc3C2)n1CC(C)C. The molecule has 0 saturated carbocycles. The number of para-hydroxylation sites is 1. The molecule has 1 unspecified atom stereocenters. The molecule has 6 nitrogen and oxygen atoms in total. The van der Waals surface area contributed by atoms with E-state index in [1.54, 1.807) is 11.8 Å². The molecule has 1 amide bonds. The second-order valence-electron chi connectivity index (χ2n) is 7.32. The Hall–Kier alpha value is -2.02. The van der Waals surface area contributed by atoms with Crippen molar-refractivity contribution in [2.75, 3.05) is 19.4 Å². The topological polar surface area (TPSA) is 69.0 Å². The summed E-state index contributed by atoms with van der Waals surface area (Å²) in [6.45, 7) is 6.39. The number of hydrogen-bond donors (Lipinski definition) is 1. The minimum Gasteiger partial charge on any atom is -0.492 e. The molecule has 1 aromatic heterocycles. The fraction of sp³-hybridized carbons (Fsp3) is 0.550. The van der Waals surface area contributed by atoms with Gasteiger partial charge >= 0.3 is 0 Å². The Morgan fingerprint density at radius 2 is 2.19 bits per heavy atom. The highest BCUT2D eigenvalue weighted by molar-refractivity contribution is 7.98. The molecule has 1 N–H and O–H groups in total. The zero-order chi connectivity index (χ0) is 19.2. The van der Waals surface area contributed by atoms with Gasteiger partial charge in [0.25, 0.3) is 0 Å². The molecule has 27 heavy (non-hydrogen) atoms. The average Bonchev–Trinajstić information content (AvgIpc) is 3.05. The van der Waals surface area contributed by atoms with Crippen LogP contribution in [0.2, 0.25) is 0 Å². The van der Waals surface area contributed by atoms with E-state index >= 15 is 0 Å². The molecule has 0 saturated heterocycles. The Morgan fingerprint density at radius 1 is 1.37 bits per heavy atom. The number of thioether (sulfide) groups is 1. The van der Waals surface area contributed by atoms with E-state index in [-0.39, 0.29) is 11.8 Å². The van der Waals surface area contributed by atoms with E-state index in [1.807, 2.05) is 30.5 Å². The number of ether oxygens (including phenoxy) is 1. The van der Waals surface area contributed by atoms with Crippen molar-refractivity contribution in [2.45, 2.75) is 44.8 Å². The third-order valence-corrected chi connectivity index (χ3v) is 5.32. The molecule has 0 aliphatic carbocycles. The van der Waals surface area contributed by atoms with Gasteiger partial charge in [-0.1, -0.05) is 43.8 Å². The molecular formula is C20H28N4O2S. The van der Waals surface area contributed by atoms with Gasteiger partial charge in [0.1, 0.15) is 18.2 Å². The highest BCUT2D eigenvalue weighted by atomic mass is 32.2. The molecule has 0 fully saturated rings. The van der Waals surface area contributed by atoms with E-state index in [2.05, 4.69) is 33.9 Å². The van der Waals surface area contributed by atoms with E-state index in [1.165, 1.54) is 0 Å². The van der Waals surface area contributed by atoms with Gasteiger partial charge in [-0.05, 0) is 36.6 Å². The molecule has 1 aliphatic heterocycles. The molecule has 2 heterocycles.